The number of hydrogen-bond acceptors (Lipinski definition) is 3. The molecular formula is C17H29N3. The maximum Gasteiger partial charge on any atom is 0.133 e. The van der Waals surface area contributed by atoms with Gasteiger partial charge in [0.25, 0.3) is 0 Å². The first kappa shape index (κ1) is 15.3. The monoisotopic (exact) mass is 275 g/mol. The third kappa shape index (κ3) is 3.95. The summed E-state index contributed by atoms with van der Waals surface area (Å²) in [6.45, 7) is 8.74. The van der Waals surface area contributed by atoms with Gasteiger partial charge < -0.3 is 10.2 Å². The lowest BCUT2D eigenvalue weighted by Crippen LogP contribution is -2.41. The molecule has 1 unspecified atom stereocenters. The highest BCUT2D eigenvalue weighted by Crippen LogP contribution is 2.28. The summed E-state index contributed by atoms with van der Waals surface area (Å²) in [5.41, 5.74) is 1.34. The molecule has 112 valence electrons. The van der Waals surface area contributed by atoms with E-state index in [9.17, 15) is 0 Å². The van der Waals surface area contributed by atoms with Crippen molar-refractivity contribution in [1.82, 2.24) is 10.3 Å². The molecule has 0 aromatic carbocycles. The number of piperidine rings is 1. The number of aromatic nitrogens is 1. The quantitative estimate of drug-likeness (QED) is 0.857. The fourth-order valence-corrected chi connectivity index (χ4v) is 3.05. The molecule has 3 heteroatoms. The Hall–Kier alpha value is -1.09. The van der Waals surface area contributed by atoms with E-state index in [-0.39, 0.29) is 0 Å². The average Bonchev–Trinajstić information content (AvgIpc) is 2.46. The Bertz CT molecular complexity index is 401. The minimum Gasteiger partial charge on any atom is -0.353 e. The van der Waals surface area contributed by atoms with Gasteiger partial charge in [-0.1, -0.05) is 33.3 Å². The van der Waals surface area contributed by atoms with Gasteiger partial charge in [0.15, 0.2) is 0 Å². The van der Waals surface area contributed by atoms with Gasteiger partial charge in [0.2, 0.25) is 0 Å². The molecule has 0 saturated carbocycles. The smallest absolute Gasteiger partial charge is 0.133 e. The number of nitrogens with zero attached hydrogens (tertiary/aromatic N) is 2. The van der Waals surface area contributed by atoms with Gasteiger partial charge in [-0.3, -0.25) is 0 Å². The first-order valence-electron chi connectivity index (χ1n) is 8.16. The summed E-state index contributed by atoms with van der Waals surface area (Å²) >= 11 is 0. The molecule has 0 bridgehead atoms. The zero-order valence-electron chi connectivity index (χ0n) is 13.2. The molecule has 1 aromatic heterocycles. The molecule has 0 spiro atoms. The summed E-state index contributed by atoms with van der Waals surface area (Å²) < 4.78 is 0. The third-order valence-electron chi connectivity index (χ3n) is 4.09. The summed E-state index contributed by atoms with van der Waals surface area (Å²) in [5, 5.41) is 3.52. The summed E-state index contributed by atoms with van der Waals surface area (Å²) in [7, 11) is 0. The van der Waals surface area contributed by atoms with Crippen LogP contribution in [0.4, 0.5) is 5.82 Å². The molecule has 0 amide bonds. The lowest BCUT2D eigenvalue weighted by Gasteiger charge is -2.37. The van der Waals surface area contributed by atoms with Crippen molar-refractivity contribution in [2.24, 2.45) is 0 Å². The van der Waals surface area contributed by atoms with Crippen LogP contribution in [0, 0.1) is 0 Å². The van der Waals surface area contributed by atoms with Gasteiger partial charge in [0.05, 0.1) is 0 Å². The van der Waals surface area contributed by atoms with Gasteiger partial charge >= 0.3 is 0 Å². The Morgan fingerprint density at radius 1 is 1.40 bits per heavy atom. The SMILES string of the molecule is CCCC1CCCCN1c1ncccc1CNC(C)C. The van der Waals surface area contributed by atoms with Crippen LogP contribution in [-0.2, 0) is 6.54 Å². The first-order chi connectivity index (χ1) is 9.72. The van der Waals surface area contributed by atoms with E-state index in [1.54, 1.807) is 0 Å². The van der Waals surface area contributed by atoms with Crippen LogP contribution in [0.2, 0.25) is 0 Å². The number of pyridine rings is 1. The Labute approximate surface area is 123 Å². The van der Waals surface area contributed by atoms with Crippen molar-refractivity contribution in [1.29, 1.82) is 0 Å². The standard InChI is InChI=1S/C17H29N3/c1-4-8-16-10-5-6-12-20(16)17-15(9-7-11-18-17)13-19-14(2)3/h7,9,11,14,16,19H,4-6,8,10,12-13H2,1-3H3. The van der Waals surface area contributed by atoms with Crippen molar-refractivity contribution in [3.63, 3.8) is 0 Å². The van der Waals surface area contributed by atoms with Crippen molar-refractivity contribution >= 4 is 5.82 Å². The van der Waals surface area contributed by atoms with Crippen molar-refractivity contribution in [3.05, 3.63) is 23.9 Å². The fourth-order valence-electron chi connectivity index (χ4n) is 3.05. The molecular weight excluding hydrogens is 246 g/mol. The predicted molar refractivity (Wildman–Crippen MR) is 86.1 cm³/mol. The molecule has 1 aliphatic heterocycles. The first-order valence-corrected chi connectivity index (χ1v) is 8.16. The largest absolute Gasteiger partial charge is 0.353 e. The van der Waals surface area contributed by atoms with E-state index in [1.165, 1.54) is 43.5 Å². The maximum absolute atomic E-state index is 4.70. The van der Waals surface area contributed by atoms with Crippen molar-refractivity contribution in [2.45, 2.75) is 71.5 Å². The Morgan fingerprint density at radius 3 is 3.00 bits per heavy atom. The molecule has 0 radical (unpaired) electrons. The molecule has 1 N–H and O–H groups in total. The van der Waals surface area contributed by atoms with Crippen LogP contribution < -0.4 is 10.2 Å². The minimum atomic E-state index is 0.510. The highest BCUT2D eigenvalue weighted by Gasteiger charge is 2.24. The van der Waals surface area contributed by atoms with Crippen molar-refractivity contribution in [3.8, 4) is 0 Å². The molecule has 1 atom stereocenters. The Kier molecular flexibility index (Phi) is 5.84. The molecule has 1 fully saturated rings. The lowest BCUT2D eigenvalue weighted by atomic mass is 9.97. The second-order valence-corrected chi connectivity index (χ2v) is 6.15. The van der Waals surface area contributed by atoms with E-state index >= 15 is 0 Å². The van der Waals surface area contributed by atoms with Gasteiger partial charge in [0, 0.05) is 36.9 Å². The lowest BCUT2D eigenvalue weighted by molar-refractivity contribution is 0.430. The second kappa shape index (κ2) is 7.63. The van der Waals surface area contributed by atoms with Crippen LogP contribution in [-0.4, -0.2) is 23.6 Å². The van der Waals surface area contributed by atoms with Crippen LogP contribution in [0.5, 0.6) is 0 Å². The summed E-state index contributed by atoms with van der Waals surface area (Å²) in [4.78, 5) is 7.26. The van der Waals surface area contributed by atoms with E-state index in [1.807, 2.05) is 6.20 Å². The van der Waals surface area contributed by atoms with Gasteiger partial charge in [-0.05, 0) is 31.7 Å². The van der Waals surface area contributed by atoms with Gasteiger partial charge in [-0.25, -0.2) is 4.98 Å². The van der Waals surface area contributed by atoms with Crippen LogP contribution in [0.3, 0.4) is 0 Å². The molecule has 2 rings (SSSR count). The van der Waals surface area contributed by atoms with E-state index in [4.69, 9.17) is 4.98 Å². The van der Waals surface area contributed by atoms with E-state index in [0.717, 1.165) is 13.1 Å². The maximum atomic E-state index is 4.70. The van der Waals surface area contributed by atoms with Crippen LogP contribution >= 0.6 is 0 Å². The van der Waals surface area contributed by atoms with E-state index < -0.39 is 0 Å². The Morgan fingerprint density at radius 2 is 2.25 bits per heavy atom. The van der Waals surface area contributed by atoms with Gasteiger partial charge in [-0.15, -0.1) is 0 Å². The normalized spacial score (nSPS) is 19.6. The minimum absolute atomic E-state index is 0.510. The molecule has 1 aromatic rings. The molecule has 2 heterocycles. The average molecular weight is 275 g/mol. The van der Waals surface area contributed by atoms with Crippen LogP contribution in [0.25, 0.3) is 0 Å². The van der Waals surface area contributed by atoms with Crippen LogP contribution in [0.15, 0.2) is 18.3 Å². The predicted octanol–water partition coefficient (Wildman–Crippen LogP) is 3.74. The Balaban J connectivity index is 2.16. The molecule has 0 aliphatic carbocycles. The molecule has 1 saturated heterocycles. The summed E-state index contributed by atoms with van der Waals surface area (Å²) in [6, 6.07) is 5.46. The highest BCUT2D eigenvalue weighted by molar-refractivity contribution is 5.48. The highest BCUT2D eigenvalue weighted by atomic mass is 15.2. The van der Waals surface area contributed by atoms with Crippen molar-refractivity contribution in [2.75, 3.05) is 11.4 Å². The van der Waals surface area contributed by atoms with Crippen LogP contribution in [0.1, 0.15) is 58.4 Å². The number of anilines is 1. The molecule has 3 nitrogen and oxygen atoms in total. The van der Waals surface area contributed by atoms with Gasteiger partial charge in [0.1, 0.15) is 5.82 Å². The van der Waals surface area contributed by atoms with E-state index in [0.29, 0.717) is 12.1 Å². The zero-order chi connectivity index (χ0) is 14.4. The third-order valence-corrected chi connectivity index (χ3v) is 4.09. The summed E-state index contributed by atoms with van der Waals surface area (Å²) in [5.74, 6) is 1.21. The van der Waals surface area contributed by atoms with Gasteiger partial charge in [-0.2, -0.15) is 0 Å². The van der Waals surface area contributed by atoms with E-state index in [2.05, 4.69) is 43.1 Å². The number of nitrogens with one attached hydrogen (secondary N) is 1. The topological polar surface area (TPSA) is 28.2 Å². The number of rotatable bonds is 6. The molecule has 1 aliphatic rings. The summed E-state index contributed by atoms with van der Waals surface area (Å²) in [6.07, 6.45) is 8.47. The second-order valence-electron chi connectivity index (χ2n) is 6.15. The zero-order valence-corrected chi connectivity index (χ0v) is 13.2. The van der Waals surface area contributed by atoms with Crippen molar-refractivity contribution < 1.29 is 0 Å². The fraction of sp³-hybridized carbons (Fsp3) is 0.706. The number of hydrogen-bond donors (Lipinski definition) is 1. The molecule has 20 heavy (non-hydrogen) atoms.